The second-order valence-corrected chi connectivity index (χ2v) is 4.31. The van der Waals surface area contributed by atoms with Crippen LogP contribution in [0.2, 0.25) is 0 Å². The molecule has 2 rings (SSSR count). The van der Waals surface area contributed by atoms with Crippen LogP contribution in [-0.4, -0.2) is 18.6 Å². The number of fused-ring (bicyclic) bond motifs is 1. The fourth-order valence-electron chi connectivity index (χ4n) is 1.97. The van der Waals surface area contributed by atoms with Crippen LogP contribution in [0.5, 0.6) is 5.75 Å². The first-order valence-corrected chi connectivity index (χ1v) is 5.81. The lowest BCUT2D eigenvalue weighted by molar-refractivity contribution is -0.136. The maximum Gasteiger partial charge on any atom is 0.389 e. The second kappa shape index (κ2) is 5.00. The summed E-state index contributed by atoms with van der Waals surface area (Å²) in [6.07, 6.45) is -3.82. The summed E-state index contributed by atoms with van der Waals surface area (Å²) in [6, 6.07) is 5.13. The van der Waals surface area contributed by atoms with Crippen molar-refractivity contribution in [2.24, 2.45) is 0 Å². The Kier molecular flexibility index (Phi) is 3.59. The molecular formula is C13H13F3O2. The predicted octanol–water partition coefficient (Wildman–Crippen LogP) is 3.54. The summed E-state index contributed by atoms with van der Waals surface area (Å²) >= 11 is 0. The minimum absolute atomic E-state index is 0.00644. The van der Waals surface area contributed by atoms with Gasteiger partial charge in [0, 0.05) is 18.4 Å². The first-order valence-electron chi connectivity index (χ1n) is 5.81. The number of carbonyl (C=O) groups is 1. The van der Waals surface area contributed by atoms with Gasteiger partial charge in [0.1, 0.15) is 5.75 Å². The van der Waals surface area contributed by atoms with Crippen molar-refractivity contribution in [1.29, 1.82) is 0 Å². The Morgan fingerprint density at radius 3 is 2.72 bits per heavy atom. The number of carbonyl (C=O) groups excluding carboxylic acids is 1. The van der Waals surface area contributed by atoms with E-state index in [1.54, 1.807) is 18.2 Å². The monoisotopic (exact) mass is 258 g/mol. The Balaban J connectivity index is 1.88. The highest BCUT2D eigenvalue weighted by Crippen LogP contribution is 2.26. The van der Waals surface area contributed by atoms with Gasteiger partial charge in [-0.25, -0.2) is 0 Å². The smallest absolute Gasteiger partial charge is 0.389 e. The van der Waals surface area contributed by atoms with E-state index in [0.29, 0.717) is 17.7 Å². The molecule has 0 fully saturated rings. The largest absolute Gasteiger partial charge is 0.494 e. The molecule has 0 amide bonds. The molecule has 0 heterocycles. The van der Waals surface area contributed by atoms with Crippen molar-refractivity contribution in [3.8, 4) is 5.75 Å². The van der Waals surface area contributed by atoms with Gasteiger partial charge in [-0.3, -0.25) is 4.79 Å². The summed E-state index contributed by atoms with van der Waals surface area (Å²) < 4.78 is 41.0. The van der Waals surface area contributed by atoms with Gasteiger partial charge >= 0.3 is 6.18 Å². The van der Waals surface area contributed by atoms with Crippen LogP contribution in [0.15, 0.2) is 18.2 Å². The number of benzene rings is 1. The number of rotatable bonds is 4. The van der Waals surface area contributed by atoms with E-state index >= 15 is 0 Å². The molecule has 2 nitrogen and oxygen atoms in total. The van der Waals surface area contributed by atoms with Gasteiger partial charge in [0.15, 0.2) is 5.78 Å². The van der Waals surface area contributed by atoms with E-state index in [4.69, 9.17) is 4.74 Å². The fourth-order valence-corrected chi connectivity index (χ4v) is 1.97. The molecule has 1 aromatic rings. The van der Waals surface area contributed by atoms with Crippen LogP contribution in [-0.2, 0) is 6.42 Å². The van der Waals surface area contributed by atoms with E-state index in [2.05, 4.69) is 0 Å². The molecule has 0 aromatic heterocycles. The van der Waals surface area contributed by atoms with Crippen molar-refractivity contribution in [3.05, 3.63) is 29.3 Å². The zero-order valence-electron chi connectivity index (χ0n) is 9.72. The van der Waals surface area contributed by atoms with Crippen molar-refractivity contribution in [2.75, 3.05) is 6.61 Å². The topological polar surface area (TPSA) is 26.3 Å². The van der Waals surface area contributed by atoms with E-state index in [1.165, 1.54) is 0 Å². The Labute approximate surface area is 103 Å². The molecule has 0 radical (unpaired) electrons. The molecular weight excluding hydrogens is 245 g/mol. The number of ketones is 1. The Bertz CT molecular complexity index is 452. The summed E-state index contributed by atoms with van der Waals surface area (Å²) in [6.45, 7) is 0.00644. The minimum atomic E-state index is -4.14. The molecule has 1 aliphatic carbocycles. The molecule has 0 saturated carbocycles. The van der Waals surface area contributed by atoms with Gasteiger partial charge in [0.25, 0.3) is 0 Å². The Morgan fingerprint density at radius 2 is 2.00 bits per heavy atom. The van der Waals surface area contributed by atoms with E-state index < -0.39 is 12.6 Å². The summed E-state index contributed by atoms with van der Waals surface area (Å²) in [5.74, 6) is 0.539. The van der Waals surface area contributed by atoms with Crippen LogP contribution in [0.25, 0.3) is 0 Å². The van der Waals surface area contributed by atoms with Gasteiger partial charge in [0.05, 0.1) is 6.61 Å². The first-order chi connectivity index (χ1) is 8.46. The second-order valence-electron chi connectivity index (χ2n) is 4.31. The number of hydrogen-bond acceptors (Lipinski definition) is 2. The van der Waals surface area contributed by atoms with Gasteiger partial charge in [-0.05, 0) is 30.5 Å². The highest BCUT2D eigenvalue weighted by atomic mass is 19.4. The summed E-state index contributed by atoms with van der Waals surface area (Å²) in [4.78, 5) is 11.5. The average Bonchev–Trinajstić information content (AvgIpc) is 2.65. The van der Waals surface area contributed by atoms with E-state index in [9.17, 15) is 18.0 Å². The third-order valence-corrected chi connectivity index (χ3v) is 2.88. The number of Topliss-reactive ketones (excluding diaryl/α,β-unsaturated/α-hetero) is 1. The zero-order chi connectivity index (χ0) is 13.2. The molecule has 1 aromatic carbocycles. The standard InChI is InChI=1S/C13H13F3O2/c14-13(15,16)6-1-7-18-10-4-2-9-3-5-12(17)11(9)8-10/h2,4,8H,1,3,5-7H2. The lowest BCUT2D eigenvalue weighted by Gasteiger charge is -2.09. The fraction of sp³-hybridized carbons (Fsp3) is 0.462. The van der Waals surface area contributed by atoms with Crippen molar-refractivity contribution >= 4 is 5.78 Å². The van der Waals surface area contributed by atoms with Crippen molar-refractivity contribution in [2.45, 2.75) is 31.9 Å². The summed E-state index contributed by atoms with van der Waals surface area (Å²) in [5.41, 5.74) is 1.63. The average molecular weight is 258 g/mol. The molecule has 0 atom stereocenters. The van der Waals surface area contributed by atoms with E-state index in [0.717, 1.165) is 12.0 Å². The molecule has 5 heteroatoms. The summed E-state index contributed by atoms with van der Waals surface area (Å²) in [5, 5.41) is 0. The van der Waals surface area contributed by atoms with Crippen LogP contribution in [0.3, 0.4) is 0 Å². The van der Waals surface area contributed by atoms with E-state index in [1.807, 2.05) is 0 Å². The highest BCUT2D eigenvalue weighted by Gasteiger charge is 2.26. The normalized spacial score (nSPS) is 14.7. The zero-order valence-corrected chi connectivity index (χ0v) is 9.72. The quantitative estimate of drug-likeness (QED) is 0.772. The molecule has 0 bridgehead atoms. The summed E-state index contributed by atoms with van der Waals surface area (Å²) in [7, 11) is 0. The minimum Gasteiger partial charge on any atom is -0.494 e. The number of aryl methyl sites for hydroxylation is 1. The number of hydrogen-bond donors (Lipinski definition) is 0. The maximum absolute atomic E-state index is 11.9. The van der Waals surface area contributed by atoms with Gasteiger partial charge in [-0.15, -0.1) is 0 Å². The van der Waals surface area contributed by atoms with E-state index in [-0.39, 0.29) is 18.8 Å². The number of ether oxygens (including phenoxy) is 1. The number of halogens is 3. The third-order valence-electron chi connectivity index (χ3n) is 2.88. The molecule has 98 valence electrons. The van der Waals surface area contributed by atoms with Crippen molar-refractivity contribution in [3.63, 3.8) is 0 Å². The molecule has 0 aliphatic heterocycles. The molecule has 1 aliphatic rings. The van der Waals surface area contributed by atoms with Crippen LogP contribution >= 0.6 is 0 Å². The molecule has 0 unspecified atom stereocenters. The lowest BCUT2D eigenvalue weighted by atomic mass is 10.1. The van der Waals surface area contributed by atoms with Gasteiger partial charge in [-0.2, -0.15) is 13.2 Å². The molecule has 0 N–H and O–H groups in total. The van der Waals surface area contributed by atoms with Crippen LogP contribution < -0.4 is 4.74 Å². The van der Waals surface area contributed by atoms with Crippen molar-refractivity contribution < 1.29 is 22.7 Å². The Hall–Kier alpha value is -1.52. The molecule has 18 heavy (non-hydrogen) atoms. The van der Waals surface area contributed by atoms with Gasteiger partial charge in [-0.1, -0.05) is 6.07 Å². The Morgan fingerprint density at radius 1 is 1.22 bits per heavy atom. The first kappa shape index (κ1) is 12.9. The highest BCUT2D eigenvalue weighted by molar-refractivity contribution is 6.00. The predicted molar refractivity (Wildman–Crippen MR) is 59.9 cm³/mol. The van der Waals surface area contributed by atoms with Gasteiger partial charge in [0.2, 0.25) is 0 Å². The number of alkyl halides is 3. The molecule has 0 saturated heterocycles. The molecule has 0 spiro atoms. The van der Waals surface area contributed by atoms with Crippen LogP contribution in [0.1, 0.15) is 35.2 Å². The third kappa shape index (κ3) is 3.24. The van der Waals surface area contributed by atoms with Gasteiger partial charge < -0.3 is 4.74 Å². The maximum atomic E-state index is 11.9. The van der Waals surface area contributed by atoms with Crippen LogP contribution in [0.4, 0.5) is 13.2 Å². The van der Waals surface area contributed by atoms with Crippen molar-refractivity contribution in [1.82, 2.24) is 0 Å². The SMILES string of the molecule is O=C1CCc2ccc(OCCCC(F)(F)F)cc21. The lowest BCUT2D eigenvalue weighted by Crippen LogP contribution is -2.09. The van der Waals surface area contributed by atoms with Crippen LogP contribution in [0, 0.1) is 0 Å².